The van der Waals surface area contributed by atoms with Crippen molar-refractivity contribution in [3.8, 4) is 0 Å². The molecule has 2 aromatic rings. The molecule has 3 N–H and O–H groups in total. The highest BCUT2D eigenvalue weighted by Crippen LogP contribution is 2.09. The average Bonchev–Trinajstić information content (AvgIpc) is 2.45. The smallest absolute Gasteiger partial charge is 0.253 e. The van der Waals surface area contributed by atoms with Gasteiger partial charge < -0.3 is 5.32 Å². The molecule has 1 aromatic heterocycles. The third kappa shape index (κ3) is 4.25. The summed E-state index contributed by atoms with van der Waals surface area (Å²) in [5, 5.41) is 8.00. The Morgan fingerprint density at radius 1 is 1.19 bits per heavy atom. The lowest BCUT2D eigenvalue weighted by Gasteiger charge is -2.06. The number of nitrogens with zero attached hydrogens (tertiary/aromatic N) is 1. The van der Waals surface area contributed by atoms with E-state index in [0.29, 0.717) is 10.7 Å². The maximum absolute atomic E-state index is 11.8. The second-order valence-electron chi connectivity index (χ2n) is 4.24. The van der Waals surface area contributed by atoms with Crippen molar-refractivity contribution >= 4 is 27.5 Å². The highest BCUT2D eigenvalue weighted by molar-refractivity contribution is 7.89. The molecule has 0 spiro atoms. The fourth-order valence-corrected chi connectivity index (χ4v) is 2.22. The summed E-state index contributed by atoms with van der Waals surface area (Å²) in [6.07, 6.45) is 1.38. The molecule has 0 aliphatic rings. The number of nitrogens with one attached hydrogen (secondary N) is 1. The van der Waals surface area contributed by atoms with E-state index in [4.69, 9.17) is 16.7 Å². The second-order valence-corrected chi connectivity index (χ2v) is 6.19. The molecule has 1 heterocycles. The van der Waals surface area contributed by atoms with Crippen LogP contribution in [0.15, 0.2) is 47.5 Å². The number of amides is 1. The van der Waals surface area contributed by atoms with Crippen LogP contribution < -0.4 is 10.5 Å². The first-order chi connectivity index (χ1) is 9.86. The van der Waals surface area contributed by atoms with Crippen LogP contribution in [0.1, 0.15) is 15.9 Å². The molecular formula is C13H12ClN3O3S. The Labute approximate surface area is 127 Å². The number of pyridine rings is 1. The Bertz CT molecular complexity index is 743. The summed E-state index contributed by atoms with van der Waals surface area (Å²) in [6, 6.07) is 9.04. The minimum atomic E-state index is -3.71. The number of halogens is 1. The molecule has 0 unspecified atom stereocenters. The first-order valence-corrected chi connectivity index (χ1v) is 7.80. The van der Waals surface area contributed by atoms with E-state index in [1.54, 1.807) is 18.2 Å². The van der Waals surface area contributed by atoms with Gasteiger partial charge in [0, 0.05) is 12.7 Å². The van der Waals surface area contributed by atoms with Crippen molar-refractivity contribution in [3.05, 3.63) is 58.9 Å². The van der Waals surface area contributed by atoms with E-state index in [2.05, 4.69) is 10.3 Å². The van der Waals surface area contributed by atoms with Gasteiger partial charge in [0.1, 0.15) is 5.15 Å². The Balaban J connectivity index is 2.00. The molecule has 0 aliphatic carbocycles. The van der Waals surface area contributed by atoms with Crippen molar-refractivity contribution in [1.29, 1.82) is 0 Å². The first kappa shape index (κ1) is 15.4. The highest BCUT2D eigenvalue weighted by atomic mass is 35.5. The number of carbonyl (C=O) groups is 1. The number of primary sulfonamides is 1. The SMILES string of the molecule is NS(=O)(=O)c1ccc(CNC(=O)c2ccc(Cl)nc2)cc1. The summed E-state index contributed by atoms with van der Waals surface area (Å²) in [4.78, 5) is 15.7. The van der Waals surface area contributed by atoms with E-state index < -0.39 is 10.0 Å². The lowest BCUT2D eigenvalue weighted by molar-refractivity contribution is 0.0950. The zero-order valence-electron chi connectivity index (χ0n) is 10.8. The van der Waals surface area contributed by atoms with Gasteiger partial charge in [0.2, 0.25) is 10.0 Å². The monoisotopic (exact) mass is 325 g/mol. The largest absolute Gasteiger partial charge is 0.348 e. The third-order valence-corrected chi connectivity index (χ3v) is 3.85. The number of nitrogens with two attached hydrogens (primary N) is 1. The summed E-state index contributed by atoms with van der Waals surface area (Å²) < 4.78 is 22.2. The topological polar surface area (TPSA) is 102 Å². The molecule has 0 radical (unpaired) electrons. The van der Waals surface area contributed by atoms with Crippen molar-refractivity contribution in [1.82, 2.24) is 10.3 Å². The fraction of sp³-hybridized carbons (Fsp3) is 0.0769. The van der Waals surface area contributed by atoms with Crippen LogP contribution in [0.2, 0.25) is 5.15 Å². The van der Waals surface area contributed by atoms with E-state index in [1.165, 1.54) is 24.4 Å². The maximum atomic E-state index is 11.8. The lowest BCUT2D eigenvalue weighted by Crippen LogP contribution is -2.23. The quantitative estimate of drug-likeness (QED) is 0.827. The number of hydrogen-bond donors (Lipinski definition) is 2. The normalized spacial score (nSPS) is 11.1. The number of sulfonamides is 1. The maximum Gasteiger partial charge on any atom is 0.253 e. The molecule has 110 valence electrons. The Morgan fingerprint density at radius 3 is 2.38 bits per heavy atom. The minimum absolute atomic E-state index is 0.0273. The molecule has 0 saturated heterocycles. The van der Waals surface area contributed by atoms with Crippen LogP contribution in [0, 0.1) is 0 Å². The van der Waals surface area contributed by atoms with Gasteiger partial charge in [-0.3, -0.25) is 4.79 Å². The summed E-state index contributed by atoms with van der Waals surface area (Å²) in [7, 11) is -3.71. The zero-order chi connectivity index (χ0) is 15.5. The standard InChI is InChI=1S/C13H12ClN3O3S/c14-12-6-3-10(8-16-12)13(18)17-7-9-1-4-11(5-2-9)21(15,19)20/h1-6,8H,7H2,(H,17,18)(H2,15,19,20). The molecule has 0 atom stereocenters. The van der Waals surface area contributed by atoms with Gasteiger partial charge in [0.15, 0.2) is 0 Å². The van der Waals surface area contributed by atoms with Crippen LogP contribution >= 0.6 is 11.6 Å². The number of benzene rings is 1. The Kier molecular flexibility index (Phi) is 4.56. The molecule has 0 bridgehead atoms. The molecule has 0 fully saturated rings. The lowest BCUT2D eigenvalue weighted by atomic mass is 10.2. The van der Waals surface area contributed by atoms with Crippen LogP contribution in [0.25, 0.3) is 0 Å². The average molecular weight is 326 g/mol. The van der Waals surface area contributed by atoms with Crippen molar-refractivity contribution in [2.45, 2.75) is 11.4 Å². The van der Waals surface area contributed by atoms with Crippen LogP contribution in [-0.2, 0) is 16.6 Å². The highest BCUT2D eigenvalue weighted by Gasteiger charge is 2.08. The zero-order valence-corrected chi connectivity index (χ0v) is 12.4. The van der Waals surface area contributed by atoms with Crippen molar-refractivity contribution in [3.63, 3.8) is 0 Å². The number of carbonyl (C=O) groups excluding carboxylic acids is 1. The van der Waals surface area contributed by atoms with Crippen molar-refractivity contribution < 1.29 is 13.2 Å². The van der Waals surface area contributed by atoms with E-state index in [9.17, 15) is 13.2 Å². The molecule has 2 rings (SSSR count). The van der Waals surface area contributed by atoms with Crippen LogP contribution in [0.5, 0.6) is 0 Å². The molecule has 6 nitrogen and oxygen atoms in total. The predicted octanol–water partition coefficient (Wildman–Crippen LogP) is 1.31. The van der Waals surface area contributed by atoms with E-state index in [1.807, 2.05) is 0 Å². The van der Waals surface area contributed by atoms with Gasteiger partial charge in [-0.1, -0.05) is 23.7 Å². The molecule has 1 aromatic carbocycles. The van der Waals surface area contributed by atoms with E-state index >= 15 is 0 Å². The molecule has 21 heavy (non-hydrogen) atoms. The Hall–Kier alpha value is -1.96. The molecule has 0 aliphatic heterocycles. The first-order valence-electron chi connectivity index (χ1n) is 5.88. The summed E-state index contributed by atoms with van der Waals surface area (Å²) in [5.41, 5.74) is 1.14. The molecule has 0 saturated carbocycles. The van der Waals surface area contributed by atoms with Gasteiger partial charge in [0.05, 0.1) is 10.5 Å². The molecule has 8 heteroatoms. The van der Waals surface area contributed by atoms with E-state index in [-0.39, 0.29) is 17.3 Å². The number of hydrogen-bond acceptors (Lipinski definition) is 4. The summed E-state index contributed by atoms with van der Waals surface area (Å²) in [5.74, 6) is -0.297. The minimum Gasteiger partial charge on any atom is -0.348 e. The van der Waals surface area contributed by atoms with Gasteiger partial charge in [-0.25, -0.2) is 18.5 Å². The number of aromatic nitrogens is 1. The fourth-order valence-electron chi connectivity index (χ4n) is 1.59. The van der Waals surface area contributed by atoms with Gasteiger partial charge in [-0.05, 0) is 29.8 Å². The second kappa shape index (κ2) is 6.21. The van der Waals surface area contributed by atoms with Crippen molar-refractivity contribution in [2.24, 2.45) is 5.14 Å². The van der Waals surface area contributed by atoms with Gasteiger partial charge >= 0.3 is 0 Å². The third-order valence-electron chi connectivity index (χ3n) is 2.69. The van der Waals surface area contributed by atoms with Gasteiger partial charge in [-0.15, -0.1) is 0 Å². The number of rotatable bonds is 4. The van der Waals surface area contributed by atoms with Crippen molar-refractivity contribution in [2.75, 3.05) is 0 Å². The molecular weight excluding hydrogens is 314 g/mol. The van der Waals surface area contributed by atoms with Gasteiger partial charge in [0.25, 0.3) is 5.91 Å². The summed E-state index contributed by atoms with van der Waals surface area (Å²) >= 11 is 5.64. The summed E-state index contributed by atoms with van der Waals surface area (Å²) in [6.45, 7) is 0.256. The van der Waals surface area contributed by atoms with Crippen LogP contribution in [0.4, 0.5) is 0 Å². The van der Waals surface area contributed by atoms with Crippen LogP contribution in [0.3, 0.4) is 0 Å². The van der Waals surface area contributed by atoms with E-state index in [0.717, 1.165) is 5.56 Å². The Morgan fingerprint density at radius 2 is 1.86 bits per heavy atom. The van der Waals surface area contributed by atoms with Gasteiger partial charge in [-0.2, -0.15) is 0 Å². The van der Waals surface area contributed by atoms with Crippen LogP contribution in [-0.4, -0.2) is 19.3 Å². The molecule has 1 amide bonds. The predicted molar refractivity (Wildman–Crippen MR) is 78.2 cm³/mol.